The van der Waals surface area contributed by atoms with Crippen LogP contribution in [0.25, 0.3) is 10.1 Å². The fourth-order valence-corrected chi connectivity index (χ4v) is 3.48. The molecule has 2 heterocycles. The highest BCUT2D eigenvalue weighted by atomic mass is 32.1. The molecule has 16 heavy (non-hydrogen) atoms. The average molecular weight is 246 g/mol. The molecule has 1 aromatic carbocycles. The fraction of sp³-hybridized carbons (Fsp3) is 0.0769. The molecule has 0 bridgehead atoms. The predicted molar refractivity (Wildman–Crippen MR) is 70.2 cm³/mol. The van der Waals surface area contributed by atoms with Gasteiger partial charge in [0.25, 0.3) is 0 Å². The number of rotatable bonds is 2. The van der Waals surface area contributed by atoms with Crippen LogP contribution in [0.5, 0.6) is 0 Å². The van der Waals surface area contributed by atoms with Crippen molar-refractivity contribution in [3.8, 4) is 0 Å². The summed E-state index contributed by atoms with van der Waals surface area (Å²) in [5, 5.41) is 17.5. The standard InChI is InChI=1S/C13H10OS2/c14-13(9-5-6-15-7-9)11-8-16-12-4-2-1-3-10(11)12/h1-8,13-14H. The zero-order valence-corrected chi connectivity index (χ0v) is 10.1. The van der Waals surface area contributed by atoms with E-state index in [1.165, 1.54) is 4.70 Å². The maximum atomic E-state index is 10.3. The lowest BCUT2D eigenvalue weighted by molar-refractivity contribution is 0.223. The minimum Gasteiger partial charge on any atom is -0.384 e. The molecule has 0 spiro atoms. The van der Waals surface area contributed by atoms with Gasteiger partial charge in [-0.3, -0.25) is 0 Å². The number of hydrogen-bond donors (Lipinski definition) is 1. The molecule has 3 aromatic rings. The first-order valence-corrected chi connectivity index (χ1v) is 6.85. The molecule has 0 aliphatic heterocycles. The third-order valence-electron chi connectivity index (χ3n) is 2.66. The molecule has 3 heteroatoms. The van der Waals surface area contributed by atoms with Gasteiger partial charge in [-0.2, -0.15) is 11.3 Å². The number of aliphatic hydroxyl groups is 1. The summed E-state index contributed by atoms with van der Waals surface area (Å²) in [6.45, 7) is 0. The van der Waals surface area contributed by atoms with E-state index in [2.05, 4.69) is 12.1 Å². The molecule has 0 saturated carbocycles. The Morgan fingerprint density at radius 1 is 1.06 bits per heavy atom. The van der Waals surface area contributed by atoms with Gasteiger partial charge in [0.15, 0.2) is 0 Å². The van der Waals surface area contributed by atoms with E-state index in [1.54, 1.807) is 22.7 Å². The SMILES string of the molecule is OC(c1ccsc1)c1csc2ccccc12. The first-order valence-electron chi connectivity index (χ1n) is 5.02. The second kappa shape index (κ2) is 4.01. The van der Waals surface area contributed by atoms with Crippen molar-refractivity contribution in [3.05, 3.63) is 57.6 Å². The van der Waals surface area contributed by atoms with Crippen molar-refractivity contribution in [2.45, 2.75) is 6.10 Å². The zero-order valence-electron chi connectivity index (χ0n) is 8.46. The van der Waals surface area contributed by atoms with Gasteiger partial charge >= 0.3 is 0 Å². The van der Waals surface area contributed by atoms with Crippen LogP contribution in [0.2, 0.25) is 0 Å². The van der Waals surface area contributed by atoms with Crippen molar-refractivity contribution >= 4 is 32.8 Å². The molecular formula is C13H10OS2. The molecule has 1 N–H and O–H groups in total. The molecule has 0 amide bonds. The van der Waals surface area contributed by atoms with Crippen LogP contribution >= 0.6 is 22.7 Å². The van der Waals surface area contributed by atoms with Gasteiger partial charge in [-0.05, 0) is 39.2 Å². The summed E-state index contributed by atoms with van der Waals surface area (Å²) in [7, 11) is 0. The normalized spacial score (nSPS) is 13.1. The van der Waals surface area contributed by atoms with Gasteiger partial charge in [-0.1, -0.05) is 18.2 Å². The summed E-state index contributed by atoms with van der Waals surface area (Å²) in [6, 6.07) is 10.2. The lowest BCUT2D eigenvalue weighted by Gasteiger charge is -2.07. The molecule has 1 atom stereocenters. The van der Waals surface area contributed by atoms with E-state index >= 15 is 0 Å². The summed E-state index contributed by atoms with van der Waals surface area (Å²) >= 11 is 3.30. The minimum absolute atomic E-state index is 0.498. The Hall–Kier alpha value is -1.16. The lowest BCUT2D eigenvalue weighted by Crippen LogP contribution is -1.96. The molecule has 2 aromatic heterocycles. The molecule has 0 aliphatic rings. The number of benzene rings is 1. The number of hydrogen-bond acceptors (Lipinski definition) is 3. The average Bonchev–Trinajstić information content (AvgIpc) is 2.98. The van der Waals surface area contributed by atoms with Crippen molar-refractivity contribution in [1.29, 1.82) is 0 Å². The van der Waals surface area contributed by atoms with Gasteiger partial charge in [0.05, 0.1) is 0 Å². The first-order chi connectivity index (χ1) is 7.86. The molecule has 0 fully saturated rings. The van der Waals surface area contributed by atoms with Crippen LogP contribution in [0.3, 0.4) is 0 Å². The smallest absolute Gasteiger partial charge is 0.106 e. The van der Waals surface area contributed by atoms with E-state index in [1.807, 2.05) is 34.3 Å². The van der Waals surface area contributed by atoms with Gasteiger partial charge in [0.1, 0.15) is 6.10 Å². The van der Waals surface area contributed by atoms with Gasteiger partial charge in [0.2, 0.25) is 0 Å². The van der Waals surface area contributed by atoms with Crippen molar-refractivity contribution in [2.75, 3.05) is 0 Å². The molecule has 1 unspecified atom stereocenters. The van der Waals surface area contributed by atoms with Crippen LogP contribution in [-0.4, -0.2) is 5.11 Å². The zero-order chi connectivity index (χ0) is 11.0. The van der Waals surface area contributed by atoms with Gasteiger partial charge < -0.3 is 5.11 Å². The molecule has 0 saturated heterocycles. The van der Waals surface area contributed by atoms with E-state index < -0.39 is 6.10 Å². The summed E-state index contributed by atoms with van der Waals surface area (Å²) in [5.74, 6) is 0. The molecule has 80 valence electrons. The summed E-state index contributed by atoms with van der Waals surface area (Å²) < 4.78 is 1.23. The van der Waals surface area contributed by atoms with Crippen molar-refractivity contribution in [3.63, 3.8) is 0 Å². The van der Waals surface area contributed by atoms with Crippen molar-refractivity contribution in [1.82, 2.24) is 0 Å². The van der Waals surface area contributed by atoms with Crippen LogP contribution in [-0.2, 0) is 0 Å². The Bertz CT molecular complexity index is 595. The van der Waals surface area contributed by atoms with Crippen molar-refractivity contribution in [2.24, 2.45) is 0 Å². The van der Waals surface area contributed by atoms with Crippen molar-refractivity contribution < 1.29 is 5.11 Å². The highest BCUT2D eigenvalue weighted by molar-refractivity contribution is 7.17. The Balaban J connectivity index is 2.12. The minimum atomic E-state index is -0.498. The van der Waals surface area contributed by atoms with Crippen LogP contribution < -0.4 is 0 Å². The topological polar surface area (TPSA) is 20.2 Å². The molecule has 3 rings (SSSR count). The Labute approximate surface area is 102 Å². The third kappa shape index (κ3) is 1.57. The lowest BCUT2D eigenvalue weighted by atomic mass is 10.0. The van der Waals surface area contributed by atoms with Crippen LogP contribution in [0.1, 0.15) is 17.2 Å². The molecule has 1 nitrogen and oxygen atoms in total. The van der Waals surface area contributed by atoms with E-state index in [9.17, 15) is 5.11 Å². The van der Waals surface area contributed by atoms with Gasteiger partial charge in [0, 0.05) is 10.3 Å². The number of fused-ring (bicyclic) bond motifs is 1. The van der Waals surface area contributed by atoms with Crippen LogP contribution in [0.4, 0.5) is 0 Å². The maximum Gasteiger partial charge on any atom is 0.106 e. The molecule has 0 radical (unpaired) electrons. The Morgan fingerprint density at radius 2 is 1.94 bits per heavy atom. The van der Waals surface area contributed by atoms with Crippen LogP contribution in [0, 0.1) is 0 Å². The second-order valence-corrected chi connectivity index (χ2v) is 5.34. The largest absolute Gasteiger partial charge is 0.384 e. The van der Waals surface area contributed by atoms with Crippen LogP contribution in [0.15, 0.2) is 46.5 Å². The molecular weight excluding hydrogens is 236 g/mol. The highest BCUT2D eigenvalue weighted by Gasteiger charge is 2.14. The summed E-state index contributed by atoms with van der Waals surface area (Å²) in [6.07, 6.45) is -0.498. The van der Waals surface area contributed by atoms with E-state index in [0.29, 0.717) is 0 Å². The van der Waals surface area contributed by atoms with E-state index in [-0.39, 0.29) is 0 Å². The monoisotopic (exact) mass is 246 g/mol. The Morgan fingerprint density at radius 3 is 2.75 bits per heavy atom. The molecule has 0 aliphatic carbocycles. The maximum absolute atomic E-state index is 10.3. The first kappa shape index (κ1) is 10.0. The summed E-state index contributed by atoms with van der Waals surface area (Å²) in [5.41, 5.74) is 1.99. The van der Waals surface area contributed by atoms with E-state index in [0.717, 1.165) is 16.5 Å². The number of aliphatic hydroxyl groups excluding tert-OH is 1. The Kier molecular flexibility index (Phi) is 2.52. The summed E-state index contributed by atoms with van der Waals surface area (Å²) in [4.78, 5) is 0. The van der Waals surface area contributed by atoms with Gasteiger partial charge in [-0.15, -0.1) is 11.3 Å². The predicted octanol–water partition coefficient (Wildman–Crippen LogP) is 4.04. The highest BCUT2D eigenvalue weighted by Crippen LogP contribution is 2.33. The van der Waals surface area contributed by atoms with E-state index in [4.69, 9.17) is 0 Å². The second-order valence-electron chi connectivity index (χ2n) is 3.65. The van der Waals surface area contributed by atoms with Gasteiger partial charge in [-0.25, -0.2) is 0 Å². The quantitative estimate of drug-likeness (QED) is 0.723. The third-order valence-corrected chi connectivity index (χ3v) is 4.35. The fourth-order valence-electron chi connectivity index (χ4n) is 1.82. The number of thiophene rings is 2.